The highest BCUT2D eigenvalue weighted by Gasteiger charge is 2.75. The third kappa shape index (κ3) is 2.90. The predicted molar refractivity (Wildman–Crippen MR) is 129 cm³/mol. The van der Waals surface area contributed by atoms with Crippen LogP contribution < -0.4 is 14.2 Å². The van der Waals surface area contributed by atoms with E-state index >= 15 is 0 Å². The molecule has 1 saturated heterocycles. The Labute approximate surface area is 211 Å². The molecular formula is C26H25N3O8. The average molecular weight is 507 g/mol. The number of carbonyl (C=O) groups is 4. The van der Waals surface area contributed by atoms with E-state index < -0.39 is 34.6 Å². The van der Waals surface area contributed by atoms with E-state index in [1.165, 1.54) is 41.3 Å². The van der Waals surface area contributed by atoms with E-state index in [0.29, 0.717) is 46.8 Å². The molecule has 11 nitrogen and oxygen atoms in total. The molecule has 2 aliphatic heterocycles. The van der Waals surface area contributed by atoms with Gasteiger partial charge in [-0.2, -0.15) is 0 Å². The number of fused-ring (bicyclic) bond motifs is 2. The summed E-state index contributed by atoms with van der Waals surface area (Å²) in [7, 11) is 4.51. The first-order chi connectivity index (χ1) is 17.6. The molecule has 1 saturated carbocycles. The van der Waals surface area contributed by atoms with Gasteiger partial charge < -0.3 is 28.8 Å². The van der Waals surface area contributed by atoms with Crippen molar-refractivity contribution in [3.8, 4) is 17.2 Å². The van der Waals surface area contributed by atoms with Gasteiger partial charge in [0.2, 0.25) is 17.3 Å². The third-order valence-corrected chi connectivity index (χ3v) is 7.92. The van der Waals surface area contributed by atoms with E-state index in [0.717, 1.165) is 0 Å². The van der Waals surface area contributed by atoms with Crippen molar-refractivity contribution in [2.45, 2.75) is 26.0 Å². The number of piperidine rings is 1. The number of Topliss-reactive ketones (excluding diaryl/α,β-unsaturated/α-hetero) is 1. The molecule has 2 aliphatic carbocycles. The van der Waals surface area contributed by atoms with Crippen LogP contribution in [0.25, 0.3) is 10.9 Å². The lowest BCUT2D eigenvalue weighted by Crippen LogP contribution is -2.45. The van der Waals surface area contributed by atoms with E-state index in [4.69, 9.17) is 18.9 Å². The number of aromatic amines is 1. The number of aliphatic imine (C=N–C) groups is 1. The third-order valence-electron chi connectivity index (χ3n) is 7.92. The monoisotopic (exact) mass is 507 g/mol. The molecule has 1 amide bonds. The molecule has 1 spiro atoms. The molecule has 0 radical (unpaired) electrons. The number of carbonyl (C=O) groups excluding carboxylic acids is 4. The molecule has 11 heteroatoms. The Balaban J connectivity index is 1.38. The van der Waals surface area contributed by atoms with E-state index in [1.54, 1.807) is 17.0 Å². The molecule has 4 aliphatic rings. The van der Waals surface area contributed by atoms with Gasteiger partial charge in [0.1, 0.15) is 5.69 Å². The molecule has 4 atom stereocenters. The number of allylic oxidation sites excluding steroid dienone is 2. The Kier molecular flexibility index (Phi) is 4.67. The molecule has 6 rings (SSSR count). The predicted octanol–water partition coefficient (Wildman–Crippen LogP) is 2.04. The van der Waals surface area contributed by atoms with Crippen molar-refractivity contribution in [1.82, 2.24) is 9.88 Å². The number of hydrogen-bond acceptors (Lipinski definition) is 9. The summed E-state index contributed by atoms with van der Waals surface area (Å²) in [4.78, 5) is 60.9. The molecule has 2 fully saturated rings. The van der Waals surface area contributed by atoms with Crippen LogP contribution in [0, 0.1) is 17.3 Å². The van der Waals surface area contributed by atoms with Crippen LogP contribution >= 0.6 is 0 Å². The maximum atomic E-state index is 13.8. The minimum Gasteiger partial charge on any atom is -0.493 e. The van der Waals surface area contributed by atoms with Crippen molar-refractivity contribution in [3.05, 3.63) is 29.6 Å². The Morgan fingerprint density at radius 3 is 2.49 bits per heavy atom. The Hall–Kier alpha value is -4.15. The van der Waals surface area contributed by atoms with Crippen LogP contribution in [0.2, 0.25) is 0 Å². The number of rotatable bonds is 5. The lowest BCUT2D eigenvalue weighted by Gasteiger charge is -2.31. The van der Waals surface area contributed by atoms with Crippen molar-refractivity contribution in [1.29, 1.82) is 0 Å². The van der Waals surface area contributed by atoms with Crippen LogP contribution in [0.5, 0.6) is 17.2 Å². The number of amides is 1. The topological polar surface area (TPSA) is 137 Å². The molecule has 192 valence electrons. The molecule has 37 heavy (non-hydrogen) atoms. The van der Waals surface area contributed by atoms with Gasteiger partial charge in [0.25, 0.3) is 11.6 Å². The number of esters is 1. The zero-order valence-corrected chi connectivity index (χ0v) is 21.0. The first kappa shape index (κ1) is 23.3. The maximum Gasteiger partial charge on any atom is 0.305 e. The standard InChI is InChI=1S/C26H25N3O8/c1-11(30)37-25(2)23(32)18-20(28-25)15(31)8-17-26(18)9-13(26)10-29(17)24(33)14-6-12-7-16(34-3)21(35-4)22(36-5)19(12)27-14/h6-8,13,18,27H,9-10H2,1-5H3/t13?,18?,25?,26-/m0/s1. The quantitative estimate of drug-likeness (QED) is 0.607. The normalized spacial score (nSPS) is 29.3. The number of benzene rings is 1. The van der Waals surface area contributed by atoms with Gasteiger partial charge in [-0.15, -0.1) is 0 Å². The summed E-state index contributed by atoms with van der Waals surface area (Å²) in [5, 5.41) is 0.683. The molecule has 2 aromatic rings. The van der Waals surface area contributed by atoms with Gasteiger partial charge in [0, 0.05) is 43.0 Å². The first-order valence-corrected chi connectivity index (χ1v) is 11.8. The molecule has 3 unspecified atom stereocenters. The second-order valence-corrected chi connectivity index (χ2v) is 9.91. The SMILES string of the molecule is COc1cc2cc(C(=O)N3CC4C[C@@]45C3=CC(=O)C3=NC(C)(OC(C)=O)C(=O)C35)[nH]c2c(OC)c1OC. The van der Waals surface area contributed by atoms with Gasteiger partial charge in [-0.05, 0) is 24.5 Å². The summed E-state index contributed by atoms with van der Waals surface area (Å²) >= 11 is 0. The number of H-pyrrole nitrogens is 1. The number of likely N-dealkylation sites (tertiary alicyclic amines) is 1. The van der Waals surface area contributed by atoms with Crippen LogP contribution in [-0.2, 0) is 19.1 Å². The number of ether oxygens (including phenoxy) is 4. The summed E-state index contributed by atoms with van der Waals surface area (Å²) in [5.74, 6) is -1.48. The molecular weight excluding hydrogens is 482 g/mol. The second-order valence-electron chi connectivity index (χ2n) is 9.91. The smallest absolute Gasteiger partial charge is 0.305 e. The highest BCUT2D eigenvalue weighted by atomic mass is 16.6. The minimum atomic E-state index is -1.74. The Bertz CT molecular complexity index is 1500. The van der Waals surface area contributed by atoms with Crippen LogP contribution in [0.1, 0.15) is 30.8 Å². The fourth-order valence-electron chi connectivity index (χ4n) is 6.34. The fourth-order valence-corrected chi connectivity index (χ4v) is 6.34. The van der Waals surface area contributed by atoms with Crippen LogP contribution in [0.3, 0.4) is 0 Å². The number of hydrogen-bond donors (Lipinski definition) is 1. The van der Waals surface area contributed by atoms with E-state index in [-0.39, 0.29) is 23.2 Å². The largest absolute Gasteiger partial charge is 0.493 e. The number of nitrogens with zero attached hydrogens (tertiary/aromatic N) is 2. The molecule has 3 heterocycles. The molecule has 1 aromatic heterocycles. The molecule has 1 N–H and O–H groups in total. The van der Waals surface area contributed by atoms with Crippen LogP contribution in [-0.4, -0.2) is 72.6 Å². The second kappa shape index (κ2) is 7.44. The number of nitrogens with one attached hydrogen (secondary N) is 1. The van der Waals surface area contributed by atoms with Gasteiger partial charge in [-0.25, -0.2) is 4.99 Å². The average Bonchev–Trinajstić information content (AvgIpc) is 3.11. The summed E-state index contributed by atoms with van der Waals surface area (Å²) < 4.78 is 21.6. The van der Waals surface area contributed by atoms with E-state index in [9.17, 15) is 19.2 Å². The van der Waals surface area contributed by atoms with Crippen LogP contribution in [0.4, 0.5) is 0 Å². The zero-order valence-electron chi connectivity index (χ0n) is 21.0. The van der Waals surface area contributed by atoms with Gasteiger partial charge in [-0.1, -0.05) is 0 Å². The fraction of sp³-hybridized carbons (Fsp3) is 0.423. The van der Waals surface area contributed by atoms with E-state index in [1.807, 2.05) is 0 Å². The summed E-state index contributed by atoms with van der Waals surface area (Å²) in [6, 6.07) is 3.43. The Morgan fingerprint density at radius 1 is 1.11 bits per heavy atom. The van der Waals surface area contributed by atoms with Gasteiger partial charge >= 0.3 is 5.97 Å². The number of aromatic nitrogens is 1. The van der Waals surface area contributed by atoms with Gasteiger partial charge in [0.15, 0.2) is 11.5 Å². The van der Waals surface area contributed by atoms with Crippen molar-refractivity contribution >= 4 is 40.1 Å². The van der Waals surface area contributed by atoms with Gasteiger partial charge in [0.05, 0.1) is 38.5 Å². The highest BCUT2D eigenvalue weighted by Crippen LogP contribution is 2.71. The van der Waals surface area contributed by atoms with Gasteiger partial charge in [-0.3, -0.25) is 19.2 Å². The van der Waals surface area contributed by atoms with Crippen LogP contribution in [0.15, 0.2) is 28.9 Å². The lowest BCUT2D eigenvalue weighted by atomic mass is 9.74. The number of ketones is 2. The van der Waals surface area contributed by atoms with E-state index in [2.05, 4.69) is 9.98 Å². The van der Waals surface area contributed by atoms with Crippen molar-refractivity contribution in [2.24, 2.45) is 22.2 Å². The first-order valence-electron chi connectivity index (χ1n) is 11.8. The maximum absolute atomic E-state index is 13.8. The zero-order chi connectivity index (χ0) is 26.4. The summed E-state index contributed by atoms with van der Waals surface area (Å²) in [6.07, 6.45) is 2.05. The Morgan fingerprint density at radius 2 is 1.84 bits per heavy atom. The van der Waals surface area contributed by atoms with Crippen molar-refractivity contribution < 1.29 is 38.1 Å². The minimum absolute atomic E-state index is 0.00581. The molecule has 0 bridgehead atoms. The number of methoxy groups -OCH3 is 3. The molecule has 1 aromatic carbocycles. The lowest BCUT2D eigenvalue weighted by molar-refractivity contribution is -0.163. The van der Waals surface area contributed by atoms with Crippen molar-refractivity contribution in [2.75, 3.05) is 27.9 Å². The summed E-state index contributed by atoms with van der Waals surface area (Å²) in [6.45, 7) is 2.96. The summed E-state index contributed by atoms with van der Waals surface area (Å²) in [5.41, 5.74) is -0.977. The van der Waals surface area contributed by atoms with Crippen molar-refractivity contribution in [3.63, 3.8) is 0 Å². The highest BCUT2D eigenvalue weighted by molar-refractivity contribution is 6.51.